The average molecular weight is 496 g/mol. The predicted octanol–water partition coefficient (Wildman–Crippen LogP) is 1.39. The quantitative estimate of drug-likeness (QED) is 0.459. The van der Waals surface area contributed by atoms with Crippen LogP contribution < -0.4 is 16.9 Å². The van der Waals surface area contributed by atoms with Gasteiger partial charge in [-0.05, 0) is 31.0 Å². The normalized spacial score (nSPS) is 14.5. The first-order valence-electron chi connectivity index (χ1n) is 11.3. The van der Waals surface area contributed by atoms with Crippen LogP contribution in [0.25, 0.3) is 22.3 Å². The van der Waals surface area contributed by atoms with Crippen molar-refractivity contribution in [3.63, 3.8) is 0 Å². The lowest BCUT2D eigenvalue weighted by atomic mass is 10.0. The van der Waals surface area contributed by atoms with Crippen molar-refractivity contribution in [1.29, 1.82) is 0 Å². The van der Waals surface area contributed by atoms with Crippen molar-refractivity contribution < 1.29 is 13.6 Å². The summed E-state index contributed by atoms with van der Waals surface area (Å²) in [5.41, 5.74) is -1.14. The first-order valence-corrected chi connectivity index (χ1v) is 11.3. The number of halogens is 2. The zero-order valence-electron chi connectivity index (χ0n) is 19.3. The predicted molar refractivity (Wildman–Crippen MR) is 126 cm³/mol. The average Bonchev–Trinajstić information content (AvgIpc) is 3.22. The van der Waals surface area contributed by atoms with Crippen molar-refractivity contribution in [3.8, 4) is 11.1 Å². The Morgan fingerprint density at radius 1 is 1.08 bits per heavy atom. The lowest BCUT2D eigenvalue weighted by Crippen LogP contribution is -2.45. The highest BCUT2D eigenvalue weighted by Crippen LogP contribution is 2.25. The molecular formula is C24H22F2N6O4. The SMILES string of the molecule is Cn1c(=O)c(-c2cccc(F)c2F)cn(CC(=O)N2CCC(n3c(=O)[nH]c4ncccc43)CC2)c1=O. The van der Waals surface area contributed by atoms with Gasteiger partial charge in [0.05, 0.1) is 11.1 Å². The summed E-state index contributed by atoms with van der Waals surface area (Å²) < 4.78 is 31.5. The van der Waals surface area contributed by atoms with Crippen LogP contribution in [0.5, 0.6) is 0 Å². The van der Waals surface area contributed by atoms with Crippen LogP contribution in [0, 0.1) is 11.6 Å². The number of carbonyl (C=O) groups excluding carboxylic acids is 1. The molecule has 36 heavy (non-hydrogen) atoms. The van der Waals surface area contributed by atoms with Crippen molar-refractivity contribution >= 4 is 17.1 Å². The number of nitrogens with one attached hydrogen (secondary N) is 1. The van der Waals surface area contributed by atoms with Gasteiger partial charge in [0.15, 0.2) is 17.3 Å². The Morgan fingerprint density at radius 3 is 2.58 bits per heavy atom. The van der Waals surface area contributed by atoms with Crippen molar-refractivity contribution in [2.45, 2.75) is 25.4 Å². The van der Waals surface area contributed by atoms with Crippen LogP contribution in [-0.2, 0) is 18.4 Å². The summed E-state index contributed by atoms with van der Waals surface area (Å²) in [6, 6.07) is 6.85. The van der Waals surface area contributed by atoms with E-state index < -0.39 is 22.9 Å². The number of fused-ring (bicyclic) bond motifs is 1. The number of aromatic nitrogens is 5. The summed E-state index contributed by atoms with van der Waals surface area (Å²) in [7, 11) is 1.21. The van der Waals surface area contributed by atoms with Gasteiger partial charge in [0, 0.05) is 44.1 Å². The summed E-state index contributed by atoms with van der Waals surface area (Å²) in [4.78, 5) is 59.2. The maximum absolute atomic E-state index is 14.3. The van der Waals surface area contributed by atoms with E-state index in [1.807, 2.05) is 6.07 Å². The molecule has 1 amide bonds. The molecule has 1 N–H and O–H groups in total. The van der Waals surface area contributed by atoms with E-state index >= 15 is 0 Å². The smallest absolute Gasteiger partial charge is 0.331 e. The molecule has 1 aromatic carbocycles. The fraction of sp³-hybridized carbons (Fsp3) is 0.292. The molecule has 1 aliphatic rings. The maximum atomic E-state index is 14.3. The van der Waals surface area contributed by atoms with Crippen LogP contribution in [-0.4, -0.2) is 47.6 Å². The van der Waals surface area contributed by atoms with E-state index in [2.05, 4.69) is 9.97 Å². The Morgan fingerprint density at radius 2 is 1.83 bits per heavy atom. The van der Waals surface area contributed by atoms with Gasteiger partial charge in [0.25, 0.3) is 5.56 Å². The second-order valence-electron chi connectivity index (χ2n) is 8.70. The number of imidazole rings is 1. The van der Waals surface area contributed by atoms with Gasteiger partial charge in [-0.15, -0.1) is 0 Å². The van der Waals surface area contributed by atoms with E-state index in [-0.39, 0.29) is 35.3 Å². The Labute approximate surface area is 202 Å². The van der Waals surface area contributed by atoms with Crippen molar-refractivity contribution in [3.05, 3.63) is 85.7 Å². The van der Waals surface area contributed by atoms with Crippen LogP contribution in [0.3, 0.4) is 0 Å². The number of nitrogens with zero attached hydrogens (tertiary/aromatic N) is 5. The van der Waals surface area contributed by atoms with Crippen LogP contribution >= 0.6 is 0 Å². The number of carbonyl (C=O) groups is 1. The molecule has 5 rings (SSSR count). The summed E-state index contributed by atoms with van der Waals surface area (Å²) in [6.45, 7) is 0.335. The monoisotopic (exact) mass is 496 g/mol. The molecule has 1 aliphatic heterocycles. The second-order valence-corrected chi connectivity index (χ2v) is 8.70. The molecule has 0 saturated carbocycles. The van der Waals surface area contributed by atoms with E-state index in [0.29, 0.717) is 37.1 Å². The zero-order valence-corrected chi connectivity index (χ0v) is 19.3. The maximum Gasteiger partial charge on any atom is 0.331 e. The van der Waals surface area contributed by atoms with Crippen LogP contribution in [0.15, 0.2) is 57.1 Å². The number of aromatic amines is 1. The van der Waals surface area contributed by atoms with E-state index in [9.17, 15) is 28.0 Å². The minimum Gasteiger partial charge on any atom is -0.341 e. The van der Waals surface area contributed by atoms with Gasteiger partial charge in [-0.2, -0.15) is 0 Å². The Balaban J connectivity index is 1.36. The molecule has 0 aliphatic carbocycles. The van der Waals surface area contributed by atoms with Crippen LogP contribution in [0.2, 0.25) is 0 Å². The van der Waals surface area contributed by atoms with Gasteiger partial charge < -0.3 is 4.90 Å². The summed E-state index contributed by atoms with van der Waals surface area (Å²) in [5.74, 6) is -2.71. The third-order valence-corrected chi connectivity index (χ3v) is 6.57. The third-order valence-electron chi connectivity index (χ3n) is 6.57. The standard InChI is InChI=1S/C24H22F2N6O4/c1-29-22(34)16(15-4-2-5-17(25)20(15)26)12-31(24(29)36)13-19(33)30-10-7-14(8-11-30)32-18-6-3-9-27-21(18)28-23(32)35/h2-6,9,12,14H,7-8,10-11,13H2,1H3,(H,27,28,35). The van der Waals surface area contributed by atoms with Crippen molar-refractivity contribution in [1.82, 2.24) is 28.6 Å². The van der Waals surface area contributed by atoms with Crippen LogP contribution in [0.1, 0.15) is 18.9 Å². The molecule has 186 valence electrons. The number of H-pyrrole nitrogens is 1. The summed E-state index contributed by atoms with van der Waals surface area (Å²) in [6.07, 6.45) is 3.73. The Bertz CT molecular complexity index is 1660. The molecule has 0 spiro atoms. The first kappa shape index (κ1) is 23.4. The number of hydrogen-bond donors (Lipinski definition) is 1. The summed E-state index contributed by atoms with van der Waals surface area (Å²) in [5, 5.41) is 0. The molecule has 4 aromatic rings. The highest BCUT2D eigenvalue weighted by atomic mass is 19.2. The highest BCUT2D eigenvalue weighted by molar-refractivity contribution is 5.76. The number of amides is 1. The number of pyridine rings is 1. The number of hydrogen-bond acceptors (Lipinski definition) is 5. The Kier molecular flexibility index (Phi) is 5.86. The molecule has 1 saturated heterocycles. The van der Waals surface area contributed by atoms with Crippen LogP contribution in [0.4, 0.5) is 8.78 Å². The van der Waals surface area contributed by atoms with E-state index in [1.165, 1.54) is 19.2 Å². The lowest BCUT2D eigenvalue weighted by Gasteiger charge is -2.32. The van der Waals surface area contributed by atoms with Gasteiger partial charge in [-0.3, -0.25) is 28.3 Å². The fourth-order valence-corrected chi connectivity index (χ4v) is 4.68. The summed E-state index contributed by atoms with van der Waals surface area (Å²) >= 11 is 0. The molecule has 0 bridgehead atoms. The molecule has 0 unspecified atom stereocenters. The second kappa shape index (κ2) is 9.02. The largest absolute Gasteiger partial charge is 0.341 e. The number of rotatable bonds is 4. The number of likely N-dealkylation sites (tertiary alicyclic amines) is 1. The lowest BCUT2D eigenvalue weighted by molar-refractivity contribution is -0.133. The molecule has 12 heteroatoms. The molecule has 0 radical (unpaired) electrons. The minimum absolute atomic E-state index is 0.123. The number of benzene rings is 1. The first-order chi connectivity index (χ1) is 17.3. The zero-order chi connectivity index (χ0) is 25.6. The van der Waals surface area contributed by atoms with Crippen molar-refractivity contribution in [2.75, 3.05) is 13.1 Å². The van der Waals surface area contributed by atoms with Gasteiger partial charge in [0.2, 0.25) is 5.91 Å². The molecule has 4 heterocycles. The Hall–Kier alpha value is -4.35. The fourth-order valence-electron chi connectivity index (χ4n) is 4.68. The molecule has 3 aromatic heterocycles. The third kappa shape index (κ3) is 3.93. The molecule has 10 nitrogen and oxygen atoms in total. The molecular weight excluding hydrogens is 474 g/mol. The van der Waals surface area contributed by atoms with Gasteiger partial charge >= 0.3 is 11.4 Å². The minimum atomic E-state index is -1.21. The molecule has 0 atom stereocenters. The van der Waals surface area contributed by atoms with Crippen molar-refractivity contribution in [2.24, 2.45) is 7.05 Å². The molecule has 1 fully saturated rings. The highest BCUT2D eigenvalue weighted by Gasteiger charge is 2.27. The van der Waals surface area contributed by atoms with E-state index in [4.69, 9.17) is 0 Å². The van der Waals surface area contributed by atoms with E-state index in [1.54, 1.807) is 21.7 Å². The van der Waals surface area contributed by atoms with Gasteiger partial charge in [-0.25, -0.2) is 23.4 Å². The van der Waals surface area contributed by atoms with Gasteiger partial charge in [-0.1, -0.05) is 12.1 Å². The van der Waals surface area contributed by atoms with E-state index in [0.717, 1.165) is 21.4 Å². The number of piperidine rings is 1. The topological polar surface area (TPSA) is 115 Å². The van der Waals surface area contributed by atoms with Gasteiger partial charge in [0.1, 0.15) is 6.54 Å².